The number of aromatic nitrogens is 2. The molecule has 0 aliphatic heterocycles. The third kappa shape index (κ3) is 3.10. The molecule has 1 aromatic heterocycles. The van der Waals surface area contributed by atoms with Crippen LogP contribution in [0.3, 0.4) is 0 Å². The van der Waals surface area contributed by atoms with Crippen molar-refractivity contribution < 1.29 is 4.79 Å². The molecule has 1 heterocycles. The second kappa shape index (κ2) is 6.22. The molecule has 3 rings (SSSR count). The molecule has 0 saturated carbocycles. The predicted octanol–water partition coefficient (Wildman–Crippen LogP) is 3.64. The first-order valence-corrected chi connectivity index (χ1v) is 7.58. The van der Waals surface area contributed by atoms with Gasteiger partial charge in [-0.2, -0.15) is 0 Å². The number of hydrogen-bond acceptors (Lipinski definition) is 4. The molecule has 0 aromatic carbocycles. The van der Waals surface area contributed by atoms with Crippen LogP contribution in [0.15, 0.2) is 42.5 Å². The van der Waals surface area contributed by atoms with Crippen molar-refractivity contribution in [3.63, 3.8) is 0 Å². The molecule has 0 radical (unpaired) electrons. The van der Waals surface area contributed by atoms with Crippen LogP contribution in [0.25, 0.3) is 11.1 Å². The van der Waals surface area contributed by atoms with E-state index in [4.69, 9.17) is 17.3 Å². The lowest BCUT2D eigenvalue weighted by atomic mass is 10.2. The molecule has 0 fully saturated rings. The van der Waals surface area contributed by atoms with Gasteiger partial charge in [-0.3, -0.25) is 4.79 Å². The lowest BCUT2D eigenvalue weighted by Crippen LogP contribution is -2.17. The predicted molar refractivity (Wildman–Crippen MR) is 91.3 cm³/mol. The summed E-state index contributed by atoms with van der Waals surface area (Å²) < 4.78 is 0. The van der Waals surface area contributed by atoms with E-state index in [9.17, 15) is 4.79 Å². The number of carbonyl (C=O) groups is 1. The number of carbonyl (C=O) groups excluding carboxylic acids is 1. The highest BCUT2D eigenvalue weighted by molar-refractivity contribution is 6.30. The molecule has 5 nitrogen and oxygen atoms in total. The van der Waals surface area contributed by atoms with Crippen LogP contribution in [0.4, 0.5) is 11.5 Å². The van der Waals surface area contributed by atoms with E-state index >= 15 is 0 Å². The van der Waals surface area contributed by atoms with Crippen molar-refractivity contribution in [3.8, 4) is 11.1 Å². The molecule has 3 N–H and O–H groups in total. The summed E-state index contributed by atoms with van der Waals surface area (Å²) in [6.45, 7) is 1.89. The number of halogens is 1. The first kappa shape index (κ1) is 15.2. The zero-order valence-electron chi connectivity index (χ0n) is 12.5. The van der Waals surface area contributed by atoms with Gasteiger partial charge in [-0.15, -0.1) is 0 Å². The van der Waals surface area contributed by atoms with Crippen molar-refractivity contribution in [1.82, 2.24) is 9.97 Å². The minimum atomic E-state index is -0.645. The Hall–Kier alpha value is -2.66. The molecule has 0 unspecified atom stereocenters. The number of rotatable bonds is 4. The quantitative estimate of drug-likeness (QED) is 0.767. The number of fused-ring (bicyclic) bond motifs is 1. The van der Waals surface area contributed by atoms with Crippen molar-refractivity contribution in [2.45, 2.75) is 13.3 Å². The molecular formula is C17H15ClN4O. The topological polar surface area (TPSA) is 80.9 Å². The van der Waals surface area contributed by atoms with Crippen LogP contribution in [0.2, 0.25) is 5.15 Å². The number of aryl methyl sites for hydroxylation is 1. The van der Waals surface area contributed by atoms with E-state index in [1.165, 1.54) is 0 Å². The molecule has 116 valence electrons. The summed E-state index contributed by atoms with van der Waals surface area (Å²) >= 11 is 6.10. The van der Waals surface area contributed by atoms with Crippen molar-refractivity contribution in [2.75, 3.05) is 5.32 Å². The normalized spacial score (nSPS) is 10.7. The first-order valence-electron chi connectivity index (χ1n) is 7.20. The SMILES string of the molecule is CCc1nc(C(N)=O)c(Nc2cc3cccccc-3c2)nc1Cl. The number of hydrogen-bond donors (Lipinski definition) is 2. The van der Waals surface area contributed by atoms with Gasteiger partial charge < -0.3 is 11.1 Å². The van der Waals surface area contributed by atoms with Gasteiger partial charge in [0.25, 0.3) is 5.91 Å². The zero-order chi connectivity index (χ0) is 16.4. The molecule has 6 heteroatoms. The first-order chi connectivity index (χ1) is 11.1. The summed E-state index contributed by atoms with van der Waals surface area (Å²) in [5.41, 5.74) is 8.98. The fourth-order valence-electron chi connectivity index (χ4n) is 2.36. The van der Waals surface area contributed by atoms with Crippen molar-refractivity contribution in [3.05, 3.63) is 59.0 Å². The highest BCUT2D eigenvalue weighted by atomic mass is 35.5. The molecule has 0 bridgehead atoms. The Morgan fingerprint density at radius 1 is 1.17 bits per heavy atom. The summed E-state index contributed by atoms with van der Waals surface area (Å²) in [6.07, 6.45) is 0.573. The Bertz CT molecular complexity index is 819. The molecule has 23 heavy (non-hydrogen) atoms. The number of nitrogens with two attached hydrogens (primary N) is 1. The lowest BCUT2D eigenvalue weighted by molar-refractivity contribution is 0.0996. The van der Waals surface area contributed by atoms with Gasteiger partial charge in [0, 0.05) is 5.69 Å². The molecule has 2 aliphatic rings. The average molecular weight is 327 g/mol. The molecule has 1 aromatic rings. The number of nitrogens with one attached hydrogen (secondary N) is 1. The third-order valence-corrected chi connectivity index (χ3v) is 3.78. The second-order valence-electron chi connectivity index (χ2n) is 5.07. The number of nitrogens with zero attached hydrogens (tertiary/aromatic N) is 2. The molecule has 0 atom stereocenters. The van der Waals surface area contributed by atoms with Crippen molar-refractivity contribution in [1.29, 1.82) is 0 Å². The van der Waals surface area contributed by atoms with Crippen LogP contribution >= 0.6 is 11.6 Å². The van der Waals surface area contributed by atoms with Gasteiger partial charge in [0.05, 0.1) is 5.69 Å². The maximum atomic E-state index is 11.6. The van der Waals surface area contributed by atoms with Gasteiger partial charge in [0.15, 0.2) is 16.7 Å². The van der Waals surface area contributed by atoms with Gasteiger partial charge in [0.1, 0.15) is 0 Å². The largest absolute Gasteiger partial charge is 0.364 e. The van der Waals surface area contributed by atoms with E-state index in [1.807, 2.05) is 49.4 Å². The highest BCUT2D eigenvalue weighted by Gasteiger charge is 2.17. The van der Waals surface area contributed by atoms with Gasteiger partial charge >= 0.3 is 0 Å². The Morgan fingerprint density at radius 2 is 1.83 bits per heavy atom. The van der Waals surface area contributed by atoms with Crippen LogP contribution in [0.1, 0.15) is 23.1 Å². The highest BCUT2D eigenvalue weighted by Crippen LogP contribution is 2.30. The minimum Gasteiger partial charge on any atom is -0.364 e. The van der Waals surface area contributed by atoms with Gasteiger partial charge in [-0.05, 0) is 29.7 Å². The van der Waals surface area contributed by atoms with Gasteiger partial charge in [-0.25, -0.2) is 9.97 Å². The molecule has 1 amide bonds. The number of anilines is 2. The Labute approximate surface area is 138 Å². The monoisotopic (exact) mass is 326 g/mol. The van der Waals surface area contributed by atoms with Crippen LogP contribution < -0.4 is 11.1 Å². The van der Waals surface area contributed by atoms with E-state index in [0.717, 1.165) is 16.8 Å². The maximum Gasteiger partial charge on any atom is 0.271 e. The Balaban J connectivity index is 2.03. The van der Waals surface area contributed by atoms with Crippen molar-refractivity contribution >= 4 is 29.0 Å². The van der Waals surface area contributed by atoms with Crippen molar-refractivity contribution in [2.24, 2.45) is 5.73 Å². The van der Waals surface area contributed by atoms with E-state index in [0.29, 0.717) is 12.1 Å². The van der Waals surface area contributed by atoms with Crippen LogP contribution in [0.5, 0.6) is 0 Å². The van der Waals surface area contributed by atoms with Crippen LogP contribution in [-0.4, -0.2) is 15.9 Å². The number of primary amides is 1. The fourth-order valence-corrected chi connectivity index (χ4v) is 2.62. The lowest BCUT2D eigenvalue weighted by Gasteiger charge is -2.09. The zero-order valence-corrected chi connectivity index (χ0v) is 13.3. The Kier molecular flexibility index (Phi) is 4.12. The Morgan fingerprint density at radius 3 is 2.39 bits per heavy atom. The maximum absolute atomic E-state index is 11.6. The smallest absolute Gasteiger partial charge is 0.271 e. The third-order valence-electron chi connectivity index (χ3n) is 3.48. The average Bonchev–Trinajstić information content (AvgIpc) is 2.76. The second-order valence-corrected chi connectivity index (χ2v) is 5.42. The standard InChI is InChI=1S/C17H15ClN4O/c1-2-13-15(18)22-17(14(21-13)16(19)23)20-12-8-10-6-4-3-5-7-11(10)9-12/h3-9H,2H2,1H3,(H2,19,23)(H,20,22). The molecule has 2 aliphatic carbocycles. The van der Waals surface area contributed by atoms with E-state index in [1.54, 1.807) is 0 Å². The molecule has 0 saturated heterocycles. The summed E-state index contributed by atoms with van der Waals surface area (Å²) in [7, 11) is 0. The molecular weight excluding hydrogens is 312 g/mol. The van der Waals surface area contributed by atoms with Gasteiger partial charge in [0.2, 0.25) is 0 Å². The minimum absolute atomic E-state index is 0.0852. The van der Waals surface area contributed by atoms with E-state index < -0.39 is 5.91 Å². The summed E-state index contributed by atoms with van der Waals surface area (Å²) in [5.74, 6) is -0.381. The van der Waals surface area contributed by atoms with E-state index in [2.05, 4.69) is 15.3 Å². The van der Waals surface area contributed by atoms with Crippen LogP contribution in [-0.2, 0) is 6.42 Å². The van der Waals surface area contributed by atoms with E-state index in [-0.39, 0.29) is 16.7 Å². The van der Waals surface area contributed by atoms with Crippen LogP contribution in [0, 0.1) is 0 Å². The fraction of sp³-hybridized carbons (Fsp3) is 0.118. The van der Waals surface area contributed by atoms with Gasteiger partial charge in [-0.1, -0.05) is 48.9 Å². The summed E-state index contributed by atoms with van der Waals surface area (Å²) in [4.78, 5) is 20.1. The number of amides is 1. The summed E-state index contributed by atoms with van der Waals surface area (Å²) in [6, 6.07) is 13.8. The molecule has 0 spiro atoms. The summed E-state index contributed by atoms with van der Waals surface area (Å²) in [5, 5.41) is 3.35.